The number of aliphatic hydroxyl groups is 9. The zero-order chi connectivity index (χ0) is 69.4. The van der Waals surface area contributed by atoms with E-state index in [2.05, 4.69) is 68.8 Å². The number of rotatable bonds is 34. The second kappa shape index (κ2) is 43.3. The molecule has 19 atom stereocenters. The molecule has 0 aromatic rings. The highest BCUT2D eigenvalue weighted by atomic mass is 127. The van der Waals surface area contributed by atoms with Gasteiger partial charge in [-0.3, -0.25) is 47.9 Å². The lowest BCUT2D eigenvalue weighted by atomic mass is 9.96. The van der Waals surface area contributed by atoms with Crippen LogP contribution in [0.4, 0.5) is 0 Å². The van der Waals surface area contributed by atoms with Crippen LogP contribution in [0.25, 0.3) is 0 Å². The van der Waals surface area contributed by atoms with Crippen molar-refractivity contribution in [3.63, 3.8) is 0 Å². The monoisotopic (exact) mass is 1450 g/mol. The molecule has 22 N–H and O–H groups in total. The van der Waals surface area contributed by atoms with E-state index in [0.29, 0.717) is 6.42 Å². The summed E-state index contributed by atoms with van der Waals surface area (Å²) in [5.74, 6) is -7.55. The minimum Gasteiger partial charge on any atom is -0.397 e. The molecule has 0 saturated carbocycles. The quantitative estimate of drug-likeness (QED) is 0.0162. The molecular weight excluding hydrogens is 1360 g/mol. The van der Waals surface area contributed by atoms with Crippen molar-refractivity contribution in [3.8, 4) is 0 Å². The van der Waals surface area contributed by atoms with Crippen molar-refractivity contribution >= 4 is 110 Å². The standard InChI is InChI=1S/C51H88B4IN13O25/c1-23(73)62-36-42(82)39(79)30(20-70)89-49(36)92-53-59-15-7-4-10-26-45(85)57-19-35(78)66-28(12-6-9-17-61-55-94-51-38(64-25(3)75)44(84)41(81)32(22-72)91-51)47(87)68-29(13-14-33(76)69-52-56)48(88)67-27(46(86)58-18-34(77)65-26)11-5-8-16-60-54-93-50-37(63-24(2)74)43(83)40(80)31(21-71)90-50/h26-32,36-44,49-51,59-61,70-72,79-84H,4-22H2,1-3H3,(H,57,85)(H,58,86)(H,62,73)(H,63,74)(H,64,75)(H,65,77)(H,66,78)(H,67,88)(H,68,87)(H,69,76)/t26-,27-,28-,29-,30-,31-,32-,36-,37-,38-,39+,40+,41+,42-,43-,44-,49+,50+,51+/m1/s1. The first-order chi connectivity index (χ1) is 44.8. The van der Waals surface area contributed by atoms with E-state index in [1.807, 2.05) is 0 Å². The van der Waals surface area contributed by atoms with Crippen molar-refractivity contribution < 1.29 is 122 Å². The van der Waals surface area contributed by atoms with Crippen molar-refractivity contribution in [3.05, 3.63) is 0 Å². The number of aliphatic hydroxyl groups excluding tert-OH is 9. The molecule has 526 valence electrons. The van der Waals surface area contributed by atoms with Crippen molar-refractivity contribution in [2.75, 3.05) is 52.5 Å². The molecule has 0 aliphatic carbocycles. The zero-order valence-corrected chi connectivity index (χ0v) is 54.3. The van der Waals surface area contributed by atoms with Gasteiger partial charge < -0.3 is 143 Å². The molecule has 0 bridgehead atoms. The van der Waals surface area contributed by atoms with Crippen LogP contribution in [-0.4, -0.2) is 302 Å². The van der Waals surface area contributed by atoms with Crippen molar-refractivity contribution in [2.45, 2.75) is 207 Å². The minimum absolute atomic E-state index is 0.0457. The summed E-state index contributed by atoms with van der Waals surface area (Å²) >= 11 is 1.77. The molecule has 0 unspecified atom stereocenters. The second-order valence-electron chi connectivity index (χ2n) is 22.4. The van der Waals surface area contributed by atoms with Gasteiger partial charge in [0.05, 0.1) is 32.9 Å². The molecule has 4 heterocycles. The molecule has 0 aromatic carbocycles. The first kappa shape index (κ1) is 81.4. The third kappa shape index (κ3) is 27.5. The molecule has 4 fully saturated rings. The molecule has 4 aliphatic rings. The van der Waals surface area contributed by atoms with Gasteiger partial charge in [-0.1, -0.05) is 0 Å². The summed E-state index contributed by atoms with van der Waals surface area (Å²) < 4.78 is 33.3. The summed E-state index contributed by atoms with van der Waals surface area (Å²) in [5.41, 5.74) is 0. The lowest BCUT2D eigenvalue weighted by Crippen LogP contribution is -2.65. The van der Waals surface area contributed by atoms with E-state index < -0.39 is 208 Å². The van der Waals surface area contributed by atoms with Crippen LogP contribution >= 0.6 is 22.4 Å². The molecule has 38 nitrogen and oxygen atoms in total. The Kier molecular flexibility index (Phi) is 37.5. The van der Waals surface area contributed by atoms with Crippen molar-refractivity contribution in [1.82, 2.24) is 68.8 Å². The van der Waals surface area contributed by atoms with E-state index in [-0.39, 0.29) is 83.8 Å². The summed E-state index contributed by atoms with van der Waals surface area (Å²) in [6.45, 7) is 0.503. The predicted octanol–water partition coefficient (Wildman–Crippen LogP) is -12.2. The maximum atomic E-state index is 14.3. The first-order valence-corrected chi connectivity index (χ1v) is 31.8. The van der Waals surface area contributed by atoms with Crippen LogP contribution in [0.2, 0.25) is 0 Å². The maximum Gasteiger partial charge on any atom is 0.397 e. The van der Waals surface area contributed by atoms with Gasteiger partial charge >= 0.3 is 28.1 Å². The van der Waals surface area contributed by atoms with E-state index in [9.17, 15) is 93.9 Å². The smallest absolute Gasteiger partial charge is 0.397 e. The highest BCUT2D eigenvalue weighted by Gasteiger charge is 2.48. The molecule has 94 heavy (non-hydrogen) atoms. The van der Waals surface area contributed by atoms with Gasteiger partial charge in [0.1, 0.15) is 97.2 Å². The van der Waals surface area contributed by atoms with Crippen molar-refractivity contribution in [2.24, 2.45) is 0 Å². The average molecular weight is 1450 g/mol. The Balaban J connectivity index is 1.50. The Morgan fingerprint density at radius 1 is 0.468 bits per heavy atom. The topological polar surface area (TPSA) is 565 Å². The van der Waals surface area contributed by atoms with Crippen LogP contribution in [0.1, 0.15) is 91.4 Å². The summed E-state index contributed by atoms with van der Waals surface area (Å²) in [7, 11) is 3.28. The second-order valence-corrected chi connectivity index (χ2v) is 23.0. The first-order valence-electron chi connectivity index (χ1n) is 30.6. The van der Waals surface area contributed by atoms with Crippen LogP contribution < -0.4 is 68.8 Å². The summed E-state index contributed by atoms with van der Waals surface area (Å²) in [5, 5.41) is 127. The molecule has 4 saturated heterocycles. The number of halogens is 1. The van der Waals surface area contributed by atoms with Gasteiger partial charge in [-0.05, 0) is 83.8 Å². The van der Waals surface area contributed by atoms with Crippen LogP contribution in [0.15, 0.2) is 0 Å². The number of carbonyl (C=O) groups excluding carboxylic acids is 10. The summed E-state index contributed by atoms with van der Waals surface area (Å²) in [6, 6.07) is -9.37. The maximum absolute atomic E-state index is 14.3. The van der Waals surface area contributed by atoms with Gasteiger partial charge in [0.25, 0.3) is 0 Å². The Hall–Kier alpha value is -5.03. The Morgan fingerprint density at radius 2 is 0.777 bits per heavy atom. The number of unbranched alkanes of at least 4 members (excludes halogenated alkanes) is 3. The lowest BCUT2D eigenvalue weighted by Gasteiger charge is -2.42. The molecular formula is C51H88B4IN13O25. The number of amides is 10. The van der Waals surface area contributed by atoms with Gasteiger partial charge in [-0.25, -0.2) is 0 Å². The summed E-state index contributed by atoms with van der Waals surface area (Å²) in [6.07, 6.45) is -16.6. The van der Waals surface area contributed by atoms with E-state index in [0.717, 1.165) is 22.9 Å². The fourth-order valence-electron chi connectivity index (χ4n) is 10.1. The fourth-order valence-corrected chi connectivity index (χ4v) is 10.5. The fraction of sp³-hybridized carbons (Fsp3) is 0.804. The minimum atomic E-state index is -1.57. The van der Waals surface area contributed by atoms with Gasteiger partial charge in [0, 0.05) is 27.2 Å². The van der Waals surface area contributed by atoms with Gasteiger partial charge in [0.15, 0.2) is 18.9 Å². The Bertz CT molecular complexity index is 2380. The van der Waals surface area contributed by atoms with Gasteiger partial charge in [0.2, 0.25) is 59.1 Å². The average Bonchev–Trinajstić information content (AvgIpc) is 0.843. The van der Waals surface area contributed by atoms with Gasteiger partial charge in [-0.15, -0.1) is 22.4 Å². The van der Waals surface area contributed by atoms with Crippen LogP contribution in [0.5, 0.6) is 0 Å². The Morgan fingerprint density at radius 3 is 1.09 bits per heavy atom. The number of carbonyl (C=O) groups is 10. The predicted molar refractivity (Wildman–Crippen MR) is 333 cm³/mol. The van der Waals surface area contributed by atoms with Crippen LogP contribution in [0, 0.1) is 0 Å². The van der Waals surface area contributed by atoms with E-state index in [1.54, 1.807) is 22.4 Å². The number of nitrogens with one attached hydrogen (secondary N) is 13. The van der Waals surface area contributed by atoms with Crippen molar-refractivity contribution in [1.29, 1.82) is 0 Å². The summed E-state index contributed by atoms with van der Waals surface area (Å²) in [4.78, 5) is 132. The van der Waals surface area contributed by atoms with E-state index >= 15 is 0 Å². The van der Waals surface area contributed by atoms with Gasteiger partial charge in [-0.2, -0.15) is 0 Å². The Labute approximate surface area is 558 Å². The number of hydrogen-bond donors (Lipinski definition) is 22. The lowest BCUT2D eigenvalue weighted by molar-refractivity contribution is -0.245. The van der Waals surface area contributed by atoms with Crippen LogP contribution in [0.3, 0.4) is 0 Å². The normalized spacial score (nSPS) is 31.4. The highest BCUT2D eigenvalue weighted by Crippen LogP contribution is 2.25. The highest BCUT2D eigenvalue weighted by molar-refractivity contribution is 14.1. The van der Waals surface area contributed by atoms with Crippen LogP contribution in [-0.2, 0) is 76.1 Å². The molecule has 4 radical (unpaired) electrons. The largest absolute Gasteiger partial charge is 0.397 e. The third-order valence-electron chi connectivity index (χ3n) is 15.1. The SMILES string of the molecule is CC(=O)N[C@H]1[C@H](O[B]NCCCC[C@H]2NC(=O)CNC(=O)[C@@H](CCCCN[B]O[C@@H]3O[C@H](CO)[C@H](O)[C@H](O)[C@H]3NC(C)=O)NC(=O)[C@@H](CCC(=O)N[B]I)NC(=O)[C@@H](CCCCN[B]O[C@@H]3O[C@H](CO)[C@H](O)[C@H](O)[C@H]3NC(C)=O)NC(=O)CNC2=O)O[C@H](CO)[C@H](O)[C@@H]1O. The third-order valence-corrected chi connectivity index (χ3v) is 15.4. The molecule has 10 amide bonds. The molecule has 43 heteroatoms. The molecule has 0 spiro atoms. The van der Waals surface area contributed by atoms with E-state index in [1.165, 1.54) is 26.0 Å². The molecule has 4 rings (SSSR count). The number of hydrogen-bond acceptors (Lipinski definition) is 28. The zero-order valence-electron chi connectivity index (χ0n) is 52.1. The molecule has 0 aromatic heterocycles. The van der Waals surface area contributed by atoms with E-state index in [4.69, 9.17) is 28.2 Å². The molecule has 4 aliphatic heterocycles. The number of ether oxygens (including phenoxy) is 3.